The lowest BCUT2D eigenvalue weighted by Crippen LogP contribution is -2.53. The topological polar surface area (TPSA) is 49.4 Å². The second kappa shape index (κ2) is 10.4. The number of benzene rings is 2. The molecule has 1 atom stereocenters. The molecular weight excluding hydrogens is 384 g/mol. The molecule has 0 unspecified atom stereocenters. The third-order valence-electron chi connectivity index (χ3n) is 4.65. The van der Waals surface area contributed by atoms with Gasteiger partial charge in [0.05, 0.1) is 0 Å². The molecule has 0 bridgehead atoms. The van der Waals surface area contributed by atoms with Crippen LogP contribution in [-0.2, 0) is 22.6 Å². The molecule has 0 aliphatic rings. The SMILES string of the molecule is CC[C@H](C(=O)NC(C)(C)C)N(Cc1ccccc1Cl)C(=O)CCc1ccccc1. The van der Waals surface area contributed by atoms with Gasteiger partial charge in [-0.2, -0.15) is 0 Å². The summed E-state index contributed by atoms with van der Waals surface area (Å²) < 4.78 is 0. The van der Waals surface area contributed by atoms with Crippen molar-refractivity contribution in [1.82, 2.24) is 10.2 Å². The van der Waals surface area contributed by atoms with Crippen molar-refractivity contribution in [1.29, 1.82) is 0 Å². The Hall–Kier alpha value is -2.33. The molecule has 156 valence electrons. The zero-order valence-corrected chi connectivity index (χ0v) is 18.5. The van der Waals surface area contributed by atoms with E-state index >= 15 is 0 Å². The first-order valence-corrected chi connectivity index (χ1v) is 10.5. The first-order chi connectivity index (χ1) is 13.7. The summed E-state index contributed by atoms with van der Waals surface area (Å²) in [7, 11) is 0. The first-order valence-electron chi connectivity index (χ1n) is 10.1. The Morgan fingerprint density at radius 3 is 2.24 bits per heavy atom. The van der Waals surface area contributed by atoms with Crippen LogP contribution in [0, 0.1) is 0 Å². The summed E-state index contributed by atoms with van der Waals surface area (Å²) in [5.74, 6) is -0.190. The van der Waals surface area contributed by atoms with Gasteiger partial charge < -0.3 is 10.2 Å². The van der Waals surface area contributed by atoms with E-state index in [0.717, 1.165) is 11.1 Å². The maximum absolute atomic E-state index is 13.2. The third-order valence-corrected chi connectivity index (χ3v) is 5.02. The highest BCUT2D eigenvalue weighted by atomic mass is 35.5. The number of carbonyl (C=O) groups excluding carboxylic acids is 2. The Labute approximate surface area is 179 Å². The van der Waals surface area contributed by atoms with Crippen molar-refractivity contribution >= 4 is 23.4 Å². The summed E-state index contributed by atoms with van der Waals surface area (Å²) in [6.07, 6.45) is 1.51. The Morgan fingerprint density at radius 2 is 1.66 bits per heavy atom. The largest absolute Gasteiger partial charge is 0.350 e. The van der Waals surface area contributed by atoms with Gasteiger partial charge in [-0.1, -0.05) is 67.1 Å². The van der Waals surface area contributed by atoms with Crippen molar-refractivity contribution in [2.45, 2.75) is 65.1 Å². The average Bonchev–Trinajstić information content (AvgIpc) is 2.67. The predicted octanol–water partition coefficient (Wildman–Crippen LogP) is 4.99. The maximum Gasteiger partial charge on any atom is 0.243 e. The average molecular weight is 415 g/mol. The van der Waals surface area contributed by atoms with Crippen LogP contribution in [0.2, 0.25) is 5.02 Å². The van der Waals surface area contributed by atoms with Crippen molar-refractivity contribution in [3.8, 4) is 0 Å². The van der Waals surface area contributed by atoms with Gasteiger partial charge >= 0.3 is 0 Å². The van der Waals surface area contributed by atoms with E-state index in [1.807, 2.05) is 76.2 Å². The van der Waals surface area contributed by atoms with Crippen LogP contribution >= 0.6 is 11.6 Å². The molecule has 0 radical (unpaired) electrons. The van der Waals surface area contributed by atoms with Crippen LogP contribution in [-0.4, -0.2) is 28.3 Å². The molecule has 0 heterocycles. The Balaban J connectivity index is 2.24. The van der Waals surface area contributed by atoms with Crippen LogP contribution in [0.5, 0.6) is 0 Å². The quantitative estimate of drug-likeness (QED) is 0.661. The van der Waals surface area contributed by atoms with Crippen molar-refractivity contribution in [3.63, 3.8) is 0 Å². The molecule has 2 aromatic carbocycles. The summed E-state index contributed by atoms with van der Waals surface area (Å²) in [4.78, 5) is 27.8. The van der Waals surface area contributed by atoms with Crippen LogP contribution in [0.15, 0.2) is 54.6 Å². The predicted molar refractivity (Wildman–Crippen MR) is 119 cm³/mol. The van der Waals surface area contributed by atoms with E-state index in [-0.39, 0.29) is 17.4 Å². The maximum atomic E-state index is 13.2. The zero-order chi connectivity index (χ0) is 21.4. The minimum absolute atomic E-state index is 0.0512. The van der Waals surface area contributed by atoms with Crippen molar-refractivity contribution < 1.29 is 9.59 Å². The lowest BCUT2D eigenvalue weighted by atomic mass is 10.0. The number of nitrogens with one attached hydrogen (secondary N) is 1. The normalized spacial score (nSPS) is 12.3. The van der Waals surface area contributed by atoms with Gasteiger partial charge in [0, 0.05) is 23.5 Å². The fourth-order valence-corrected chi connectivity index (χ4v) is 3.42. The number of nitrogens with zero attached hydrogens (tertiary/aromatic N) is 1. The van der Waals surface area contributed by atoms with E-state index in [9.17, 15) is 9.59 Å². The Morgan fingerprint density at radius 1 is 1.03 bits per heavy atom. The highest BCUT2D eigenvalue weighted by Gasteiger charge is 2.30. The molecule has 2 aromatic rings. The van der Waals surface area contributed by atoms with Crippen LogP contribution in [0.1, 0.15) is 51.7 Å². The molecule has 5 heteroatoms. The van der Waals surface area contributed by atoms with Gasteiger partial charge in [-0.05, 0) is 50.8 Å². The summed E-state index contributed by atoms with van der Waals surface area (Å²) in [6.45, 7) is 8.05. The molecule has 0 saturated carbocycles. The van der Waals surface area contributed by atoms with Crippen molar-refractivity contribution in [3.05, 3.63) is 70.7 Å². The van der Waals surface area contributed by atoms with E-state index < -0.39 is 6.04 Å². The molecule has 1 N–H and O–H groups in total. The van der Waals surface area contributed by atoms with E-state index in [2.05, 4.69) is 5.32 Å². The molecule has 0 aromatic heterocycles. The molecule has 29 heavy (non-hydrogen) atoms. The van der Waals surface area contributed by atoms with Gasteiger partial charge in [0.15, 0.2) is 0 Å². The number of halogens is 1. The third kappa shape index (κ3) is 7.21. The molecule has 0 aliphatic heterocycles. The number of hydrogen-bond acceptors (Lipinski definition) is 2. The first kappa shape index (κ1) is 23.0. The van der Waals surface area contributed by atoms with Crippen LogP contribution in [0.4, 0.5) is 0 Å². The molecule has 4 nitrogen and oxygen atoms in total. The van der Waals surface area contributed by atoms with Gasteiger partial charge in [-0.15, -0.1) is 0 Å². The van der Waals surface area contributed by atoms with Crippen molar-refractivity contribution in [2.75, 3.05) is 0 Å². The molecule has 0 spiro atoms. The summed E-state index contributed by atoms with van der Waals surface area (Å²) in [6, 6.07) is 16.8. The highest BCUT2D eigenvalue weighted by molar-refractivity contribution is 6.31. The van der Waals surface area contributed by atoms with Crippen LogP contribution in [0.25, 0.3) is 0 Å². The second-order valence-electron chi connectivity index (χ2n) is 8.26. The number of carbonyl (C=O) groups is 2. The van der Waals surface area contributed by atoms with E-state index in [1.54, 1.807) is 11.0 Å². The monoisotopic (exact) mass is 414 g/mol. The van der Waals surface area contributed by atoms with Gasteiger partial charge in [-0.3, -0.25) is 9.59 Å². The zero-order valence-electron chi connectivity index (χ0n) is 17.7. The molecular formula is C24H31ClN2O2. The van der Waals surface area contributed by atoms with Crippen LogP contribution in [0.3, 0.4) is 0 Å². The minimum Gasteiger partial charge on any atom is -0.350 e. The van der Waals surface area contributed by atoms with Crippen LogP contribution < -0.4 is 5.32 Å². The number of aryl methyl sites for hydroxylation is 1. The molecule has 0 aliphatic carbocycles. The Kier molecular flexibility index (Phi) is 8.27. The van der Waals surface area contributed by atoms with Gasteiger partial charge in [0.25, 0.3) is 0 Å². The number of hydrogen-bond donors (Lipinski definition) is 1. The van der Waals surface area contributed by atoms with Gasteiger partial charge in [0.1, 0.15) is 6.04 Å². The molecule has 0 saturated heterocycles. The molecule has 2 amide bonds. The minimum atomic E-state index is -0.547. The van der Waals surface area contributed by atoms with E-state index in [0.29, 0.717) is 30.8 Å². The number of rotatable bonds is 8. The lowest BCUT2D eigenvalue weighted by molar-refractivity contribution is -0.142. The van der Waals surface area contributed by atoms with Crippen molar-refractivity contribution in [2.24, 2.45) is 0 Å². The Bertz CT molecular complexity index is 815. The van der Waals surface area contributed by atoms with Gasteiger partial charge in [0.2, 0.25) is 11.8 Å². The second-order valence-corrected chi connectivity index (χ2v) is 8.67. The summed E-state index contributed by atoms with van der Waals surface area (Å²) in [5, 5.41) is 3.61. The lowest BCUT2D eigenvalue weighted by Gasteiger charge is -2.33. The fourth-order valence-electron chi connectivity index (χ4n) is 3.22. The van der Waals surface area contributed by atoms with Gasteiger partial charge in [-0.25, -0.2) is 0 Å². The van der Waals surface area contributed by atoms with E-state index in [4.69, 9.17) is 11.6 Å². The fraction of sp³-hybridized carbons (Fsp3) is 0.417. The molecule has 0 fully saturated rings. The number of amides is 2. The molecule has 2 rings (SSSR count). The summed E-state index contributed by atoms with van der Waals surface area (Å²) >= 11 is 6.34. The van der Waals surface area contributed by atoms with E-state index in [1.165, 1.54) is 0 Å². The summed E-state index contributed by atoms with van der Waals surface area (Å²) in [5.41, 5.74) is 1.57. The highest BCUT2D eigenvalue weighted by Crippen LogP contribution is 2.21. The standard InChI is InChI=1S/C24H31ClN2O2/c1-5-21(23(29)26-24(2,3)4)27(17-19-13-9-10-14-20(19)25)22(28)16-15-18-11-7-6-8-12-18/h6-14,21H,5,15-17H2,1-4H3,(H,26,29)/t21-/m1/s1. The smallest absolute Gasteiger partial charge is 0.243 e.